The zero-order valence-corrected chi connectivity index (χ0v) is 26.8. The number of carbonyl (C=O) groups is 1. The molecule has 0 spiro atoms. The van der Waals surface area contributed by atoms with Gasteiger partial charge >= 0.3 is 6.03 Å². The molecule has 2 saturated heterocycles. The molecular formula is C33H49ClN4O3. The van der Waals surface area contributed by atoms with Crippen molar-refractivity contribution >= 4 is 17.6 Å². The van der Waals surface area contributed by atoms with Crippen LogP contribution < -0.4 is 10.1 Å². The van der Waals surface area contributed by atoms with Crippen LogP contribution in [-0.2, 0) is 15.7 Å². The first-order valence-electron chi connectivity index (χ1n) is 15.1. The maximum atomic E-state index is 14.6. The van der Waals surface area contributed by atoms with E-state index >= 15 is 0 Å². The fourth-order valence-corrected chi connectivity index (χ4v) is 6.20. The largest absolute Gasteiger partial charge is 0.493 e. The fraction of sp³-hybridized carbons (Fsp3) is 0.606. The Kier molecular flexibility index (Phi) is 10.3. The normalized spacial score (nSPS) is 23.7. The van der Waals surface area contributed by atoms with E-state index in [-0.39, 0.29) is 23.7 Å². The van der Waals surface area contributed by atoms with Crippen molar-refractivity contribution in [3.8, 4) is 5.75 Å². The molecule has 2 fully saturated rings. The van der Waals surface area contributed by atoms with Gasteiger partial charge in [-0.15, -0.1) is 0 Å². The molecule has 226 valence electrons. The van der Waals surface area contributed by atoms with E-state index in [1.54, 1.807) is 7.11 Å². The molecule has 41 heavy (non-hydrogen) atoms. The molecule has 2 aromatic carbocycles. The van der Waals surface area contributed by atoms with Gasteiger partial charge < -0.3 is 14.4 Å². The van der Waals surface area contributed by atoms with Gasteiger partial charge in [-0.1, -0.05) is 56.6 Å². The van der Waals surface area contributed by atoms with Crippen LogP contribution in [0.4, 0.5) is 4.79 Å². The van der Waals surface area contributed by atoms with Crippen LogP contribution in [0.1, 0.15) is 77.2 Å². The molecule has 2 amide bonds. The van der Waals surface area contributed by atoms with Crippen LogP contribution in [0.15, 0.2) is 42.5 Å². The Labute approximate surface area is 252 Å². The van der Waals surface area contributed by atoms with Gasteiger partial charge in [0.1, 0.15) is 11.9 Å². The molecule has 2 heterocycles. The summed E-state index contributed by atoms with van der Waals surface area (Å²) in [5.74, 6) is 0.823. The molecule has 2 aliphatic heterocycles. The first-order valence-corrected chi connectivity index (χ1v) is 15.5. The number of amides is 2. The van der Waals surface area contributed by atoms with Crippen molar-refractivity contribution < 1.29 is 14.3 Å². The highest BCUT2D eigenvalue weighted by atomic mass is 35.5. The predicted molar refractivity (Wildman–Crippen MR) is 167 cm³/mol. The van der Waals surface area contributed by atoms with E-state index in [2.05, 4.69) is 67.9 Å². The predicted octanol–water partition coefficient (Wildman–Crippen LogP) is 6.41. The van der Waals surface area contributed by atoms with E-state index in [0.717, 1.165) is 56.0 Å². The van der Waals surface area contributed by atoms with Crippen molar-refractivity contribution in [2.45, 2.75) is 77.5 Å². The molecule has 1 N–H and O–H groups in total. The molecule has 2 aliphatic rings. The quantitative estimate of drug-likeness (QED) is 0.345. The van der Waals surface area contributed by atoms with E-state index in [4.69, 9.17) is 21.1 Å². The number of unbranched alkanes of at least 4 members (excludes halogenated alkanes) is 1. The van der Waals surface area contributed by atoms with E-state index in [1.165, 1.54) is 5.56 Å². The standard InChI is InChI=1S/C33H49ClN4O3/c1-8-41-29-23-26(32(3,4)5)13-16-28(29)30-35-24(2)33(6,25-11-14-27(34)15-12-25)38(30)31(39)37-20-18-36(19-21-37)17-9-10-22-40-7/h11-16,23-24,30,35H,8-10,17-22H2,1-7H3. The summed E-state index contributed by atoms with van der Waals surface area (Å²) >= 11 is 6.29. The van der Waals surface area contributed by atoms with Crippen molar-refractivity contribution in [1.29, 1.82) is 0 Å². The molecule has 7 nitrogen and oxygen atoms in total. The van der Waals surface area contributed by atoms with Crippen LogP contribution in [0, 0.1) is 0 Å². The highest BCUT2D eigenvalue weighted by Crippen LogP contribution is 2.46. The average Bonchev–Trinajstić information content (AvgIpc) is 3.21. The van der Waals surface area contributed by atoms with Crippen molar-refractivity contribution in [3.05, 3.63) is 64.2 Å². The van der Waals surface area contributed by atoms with Crippen LogP contribution in [0.3, 0.4) is 0 Å². The summed E-state index contributed by atoms with van der Waals surface area (Å²) in [7, 11) is 1.75. The summed E-state index contributed by atoms with van der Waals surface area (Å²) in [6, 6.07) is 14.4. The highest BCUT2D eigenvalue weighted by Gasteiger charge is 2.53. The van der Waals surface area contributed by atoms with E-state index in [1.807, 2.05) is 36.1 Å². The summed E-state index contributed by atoms with van der Waals surface area (Å²) in [6.45, 7) is 18.5. The van der Waals surface area contributed by atoms with E-state index < -0.39 is 5.54 Å². The van der Waals surface area contributed by atoms with Gasteiger partial charge in [-0.25, -0.2) is 4.79 Å². The molecule has 3 unspecified atom stereocenters. The maximum absolute atomic E-state index is 14.6. The molecule has 0 radical (unpaired) electrons. The number of benzene rings is 2. The third-order valence-corrected chi connectivity index (χ3v) is 9.09. The first-order chi connectivity index (χ1) is 19.5. The minimum Gasteiger partial charge on any atom is -0.493 e. The van der Waals surface area contributed by atoms with Gasteiger partial charge in [0.05, 0.1) is 12.1 Å². The van der Waals surface area contributed by atoms with Gasteiger partial charge in [-0.05, 0) is 74.9 Å². The van der Waals surface area contributed by atoms with Gasteiger partial charge in [-0.3, -0.25) is 15.1 Å². The second-order valence-corrected chi connectivity index (χ2v) is 13.0. The lowest BCUT2D eigenvalue weighted by molar-refractivity contribution is 0.0707. The van der Waals surface area contributed by atoms with Gasteiger partial charge in [0.15, 0.2) is 0 Å². The van der Waals surface area contributed by atoms with E-state index in [0.29, 0.717) is 24.7 Å². The van der Waals surface area contributed by atoms with Gasteiger partial charge in [0.2, 0.25) is 0 Å². The number of ether oxygens (including phenoxy) is 2. The average molecular weight is 585 g/mol. The second kappa shape index (κ2) is 13.3. The Balaban J connectivity index is 1.68. The SMILES string of the molecule is CCOc1cc(C(C)(C)C)ccc1C1NC(C)C(C)(c2ccc(Cl)cc2)N1C(=O)N1CCN(CCCCOC)CC1. The minimum atomic E-state index is -0.601. The van der Waals surface area contributed by atoms with Gasteiger partial charge in [0, 0.05) is 56.5 Å². The van der Waals surface area contributed by atoms with Crippen molar-refractivity contribution in [1.82, 2.24) is 20.0 Å². The number of nitrogens with zero attached hydrogens (tertiary/aromatic N) is 3. The van der Waals surface area contributed by atoms with Crippen molar-refractivity contribution in [2.24, 2.45) is 0 Å². The smallest absolute Gasteiger partial charge is 0.322 e. The third-order valence-electron chi connectivity index (χ3n) is 8.83. The second-order valence-electron chi connectivity index (χ2n) is 12.6. The topological polar surface area (TPSA) is 57.3 Å². The number of halogens is 1. The van der Waals surface area contributed by atoms with Gasteiger partial charge in [0.25, 0.3) is 0 Å². The number of rotatable bonds is 9. The fourth-order valence-electron chi connectivity index (χ4n) is 6.07. The zero-order chi connectivity index (χ0) is 29.8. The summed E-state index contributed by atoms with van der Waals surface area (Å²) in [5, 5.41) is 4.48. The molecule has 8 heteroatoms. The van der Waals surface area contributed by atoms with Crippen LogP contribution in [0.2, 0.25) is 5.02 Å². The number of hydrogen-bond donors (Lipinski definition) is 1. The molecule has 0 saturated carbocycles. The highest BCUT2D eigenvalue weighted by molar-refractivity contribution is 6.30. The van der Waals surface area contributed by atoms with Crippen LogP contribution in [-0.4, -0.2) is 79.8 Å². The summed E-state index contributed by atoms with van der Waals surface area (Å²) in [5.41, 5.74) is 2.62. The maximum Gasteiger partial charge on any atom is 0.322 e. The minimum absolute atomic E-state index is 0.0165. The lowest BCUT2D eigenvalue weighted by atomic mass is 9.85. The number of urea groups is 1. The molecule has 0 aliphatic carbocycles. The Bertz CT molecular complexity index is 1160. The molecular weight excluding hydrogens is 536 g/mol. The number of hydrogen-bond acceptors (Lipinski definition) is 5. The number of piperazine rings is 1. The summed E-state index contributed by atoms with van der Waals surface area (Å²) in [4.78, 5) is 21.1. The molecule has 0 aromatic heterocycles. The van der Waals surface area contributed by atoms with Gasteiger partial charge in [-0.2, -0.15) is 0 Å². The van der Waals surface area contributed by atoms with Crippen LogP contribution in [0.5, 0.6) is 5.75 Å². The molecule has 3 atom stereocenters. The van der Waals surface area contributed by atoms with Crippen LogP contribution in [0.25, 0.3) is 0 Å². The molecule has 0 bridgehead atoms. The lowest BCUT2D eigenvalue weighted by Gasteiger charge is -2.44. The van der Waals surface area contributed by atoms with Crippen LogP contribution >= 0.6 is 11.6 Å². The number of carbonyl (C=O) groups excluding carboxylic acids is 1. The summed E-state index contributed by atoms with van der Waals surface area (Å²) < 4.78 is 11.4. The zero-order valence-electron chi connectivity index (χ0n) is 26.0. The number of nitrogens with one attached hydrogen (secondary N) is 1. The first kappa shape index (κ1) is 31.6. The summed E-state index contributed by atoms with van der Waals surface area (Å²) in [6.07, 6.45) is 1.82. The monoisotopic (exact) mass is 584 g/mol. The van der Waals surface area contributed by atoms with Crippen molar-refractivity contribution in [2.75, 3.05) is 53.0 Å². The van der Waals surface area contributed by atoms with E-state index in [9.17, 15) is 4.79 Å². The molecule has 2 aromatic rings. The Morgan fingerprint density at radius 3 is 2.37 bits per heavy atom. The Morgan fingerprint density at radius 1 is 1.07 bits per heavy atom. The van der Waals surface area contributed by atoms with Crippen molar-refractivity contribution in [3.63, 3.8) is 0 Å². The number of methoxy groups -OCH3 is 1. The molecule has 4 rings (SSSR count). The third kappa shape index (κ3) is 6.85. The Morgan fingerprint density at radius 2 is 1.76 bits per heavy atom. The lowest BCUT2D eigenvalue weighted by Crippen LogP contribution is -2.57. The Hall–Kier alpha value is -2.32.